The maximum atomic E-state index is 2.34. The molecule has 0 aliphatic heterocycles. The monoisotopic (exact) mass is 265 g/mol. The lowest BCUT2D eigenvalue weighted by Crippen LogP contribution is -1.82. The van der Waals surface area contributed by atoms with E-state index in [0.29, 0.717) is 0 Å². The molecule has 0 amide bonds. The minimum atomic E-state index is 1.31. The van der Waals surface area contributed by atoms with Gasteiger partial charge in [-0.15, -0.1) is 0 Å². The van der Waals surface area contributed by atoms with Crippen LogP contribution in [0.2, 0.25) is 0 Å². The molecule has 1 radical (unpaired) electrons. The van der Waals surface area contributed by atoms with Crippen molar-refractivity contribution in [2.24, 2.45) is 0 Å². The molecule has 4 aromatic rings. The lowest BCUT2D eigenvalue weighted by molar-refractivity contribution is 1.56. The van der Waals surface area contributed by atoms with Gasteiger partial charge in [-0.05, 0) is 55.9 Å². The van der Waals surface area contributed by atoms with Crippen LogP contribution in [0.1, 0.15) is 11.1 Å². The van der Waals surface area contributed by atoms with Crippen LogP contribution in [0.5, 0.6) is 0 Å². The molecule has 0 spiro atoms. The van der Waals surface area contributed by atoms with E-state index in [-0.39, 0.29) is 0 Å². The second kappa shape index (κ2) is 3.95. The molecule has 0 heteroatoms. The SMILES string of the molecule is [CH]1c2ccccc2-c2cc3ccc4ccccc4c3cc21. The molecular formula is C21H13. The van der Waals surface area contributed by atoms with E-state index in [9.17, 15) is 0 Å². The molecule has 21 heavy (non-hydrogen) atoms. The summed E-state index contributed by atoms with van der Waals surface area (Å²) in [6, 6.07) is 26.4. The van der Waals surface area contributed by atoms with Gasteiger partial charge in [0, 0.05) is 6.42 Å². The largest absolute Gasteiger partial charge is 0.0619 e. The quantitative estimate of drug-likeness (QED) is 0.321. The number of hydrogen-bond acceptors (Lipinski definition) is 0. The van der Waals surface area contributed by atoms with Crippen LogP contribution in [0.15, 0.2) is 72.8 Å². The highest BCUT2D eigenvalue weighted by atomic mass is 14.2. The summed E-state index contributed by atoms with van der Waals surface area (Å²) in [5, 5.41) is 5.30. The molecule has 0 atom stereocenters. The molecule has 0 N–H and O–H groups in total. The Labute approximate surface area is 123 Å². The molecule has 4 aromatic carbocycles. The summed E-state index contributed by atoms with van der Waals surface area (Å²) < 4.78 is 0. The highest BCUT2D eigenvalue weighted by Crippen LogP contribution is 2.41. The Morgan fingerprint density at radius 1 is 0.476 bits per heavy atom. The van der Waals surface area contributed by atoms with Crippen molar-refractivity contribution in [2.45, 2.75) is 0 Å². The van der Waals surface area contributed by atoms with Crippen LogP contribution >= 0.6 is 0 Å². The van der Waals surface area contributed by atoms with Gasteiger partial charge in [0.25, 0.3) is 0 Å². The molecule has 0 heterocycles. The molecule has 0 saturated heterocycles. The van der Waals surface area contributed by atoms with Crippen molar-refractivity contribution in [3.63, 3.8) is 0 Å². The van der Waals surface area contributed by atoms with E-state index in [4.69, 9.17) is 0 Å². The molecule has 5 rings (SSSR count). The van der Waals surface area contributed by atoms with Gasteiger partial charge in [0.2, 0.25) is 0 Å². The Kier molecular flexibility index (Phi) is 2.09. The fraction of sp³-hybridized carbons (Fsp3) is 0. The highest BCUT2D eigenvalue weighted by Gasteiger charge is 2.19. The molecule has 0 aromatic heterocycles. The summed E-state index contributed by atoms with van der Waals surface area (Å²) in [5.74, 6) is 0. The van der Waals surface area contributed by atoms with E-state index in [0.717, 1.165) is 0 Å². The Morgan fingerprint density at radius 2 is 1.29 bits per heavy atom. The topological polar surface area (TPSA) is 0 Å². The van der Waals surface area contributed by atoms with Gasteiger partial charge in [-0.1, -0.05) is 60.7 Å². The molecule has 0 bridgehead atoms. The summed E-state index contributed by atoms with van der Waals surface area (Å²) in [4.78, 5) is 0. The fourth-order valence-corrected chi connectivity index (χ4v) is 3.46. The zero-order valence-electron chi connectivity index (χ0n) is 11.5. The molecular weight excluding hydrogens is 252 g/mol. The van der Waals surface area contributed by atoms with E-state index in [1.165, 1.54) is 43.8 Å². The smallest absolute Gasteiger partial charge is 0.0212 e. The van der Waals surface area contributed by atoms with Gasteiger partial charge in [-0.2, -0.15) is 0 Å². The molecule has 0 nitrogen and oxygen atoms in total. The molecule has 1 aliphatic carbocycles. The van der Waals surface area contributed by atoms with Gasteiger partial charge >= 0.3 is 0 Å². The van der Waals surface area contributed by atoms with Gasteiger partial charge in [0.1, 0.15) is 0 Å². The minimum Gasteiger partial charge on any atom is -0.0619 e. The van der Waals surface area contributed by atoms with Crippen LogP contribution in [0.3, 0.4) is 0 Å². The van der Waals surface area contributed by atoms with Crippen molar-refractivity contribution in [3.8, 4) is 11.1 Å². The van der Waals surface area contributed by atoms with Crippen LogP contribution in [0, 0.1) is 6.42 Å². The Balaban J connectivity index is 1.89. The van der Waals surface area contributed by atoms with E-state index >= 15 is 0 Å². The van der Waals surface area contributed by atoms with Crippen LogP contribution in [-0.2, 0) is 0 Å². The fourth-order valence-electron chi connectivity index (χ4n) is 3.46. The number of fused-ring (bicyclic) bond motifs is 6. The summed E-state index contributed by atoms with van der Waals surface area (Å²) in [7, 11) is 0. The van der Waals surface area contributed by atoms with Crippen LogP contribution in [0.25, 0.3) is 32.7 Å². The Bertz CT molecular complexity index is 1010. The highest BCUT2D eigenvalue weighted by molar-refractivity contribution is 6.09. The molecule has 0 saturated carbocycles. The van der Waals surface area contributed by atoms with Crippen molar-refractivity contribution < 1.29 is 0 Å². The predicted octanol–water partition coefficient (Wildman–Crippen LogP) is 5.57. The third-order valence-corrected chi connectivity index (χ3v) is 4.48. The van der Waals surface area contributed by atoms with Gasteiger partial charge < -0.3 is 0 Å². The first kappa shape index (κ1) is 11.1. The van der Waals surface area contributed by atoms with Gasteiger partial charge in [-0.3, -0.25) is 0 Å². The third-order valence-electron chi connectivity index (χ3n) is 4.48. The molecule has 0 unspecified atom stereocenters. The lowest BCUT2D eigenvalue weighted by Gasteiger charge is -2.07. The van der Waals surface area contributed by atoms with Crippen molar-refractivity contribution in [3.05, 3.63) is 90.3 Å². The summed E-state index contributed by atoms with van der Waals surface area (Å²) in [6.45, 7) is 0. The van der Waals surface area contributed by atoms with Gasteiger partial charge in [0.15, 0.2) is 0 Å². The summed E-state index contributed by atoms with van der Waals surface area (Å²) in [5.41, 5.74) is 5.36. The van der Waals surface area contributed by atoms with Crippen LogP contribution in [0.4, 0.5) is 0 Å². The second-order valence-electron chi connectivity index (χ2n) is 5.68. The van der Waals surface area contributed by atoms with Crippen LogP contribution in [-0.4, -0.2) is 0 Å². The number of rotatable bonds is 0. The van der Waals surface area contributed by atoms with E-state index in [1.807, 2.05) is 0 Å². The Hall–Kier alpha value is -2.60. The Morgan fingerprint density at radius 3 is 2.29 bits per heavy atom. The molecule has 97 valence electrons. The number of hydrogen-bond donors (Lipinski definition) is 0. The zero-order valence-corrected chi connectivity index (χ0v) is 11.5. The van der Waals surface area contributed by atoms with E-state index < -0.39 is 0 Å². The van der Waals surface area contributed by atoms with Crippen molar-refractivity contribution in [1.29, 1.82) is 0 Å². The third kappa shape index (κ3) is 1.50. The van der Waals surface area contributed by atoms with E-state index in [2.05, 4.69) is 79.2 Å². The van der Waals surface area contributed by atoms with Gasteiger partial charge in [0.05, 0.1) is 0 Å². The first-order valence-electron chi connectivity index (χ1n) is 7.30. The second-order valence-corrected chi connectivity index (χ2v) is 5.68. The first-order chi connectivity index (χ1) is 10.4. The summed E-state index contributed by atoms with van der Waals surface area (Å²) >= 11 is 0. The number of benzene rings is 4. The average molecular weight is 265 g/mol. The van der Waals surface area contributed by atoms with E-state index in [1.54, 1.807) is 0 Å². The molecule has 1 aliphatic rings. The zero-order chi connectivity index (χ0) is 13.8. The first-order valence-corrected chi connectivity index (χ1v) is 7.30. The van der Waals surface area contributed by atoms with Crippen LogP contribution < -0.4 is 0 Å². The average Bonchev–Trinajstić information content (AvgIpc) is 2.90. The maximum Gasteiger partial charge on any atom is 0.0212 e. The summed E-state index contributed by atoms with van der Waals surface area (Å²) in [6.07, 6.45) is 2.30. The van der Waals surface area contributed by atoms with Gasteiger partial charge in [-0.25, -0.2) is 0 Å². The minimum absolute atomic E-state index is 1.31. The molecule has 0 fully saturated rings. The predicted molar refractivity (Wildman–Crippen MR) is 89.4 cm³/mol. The van der Waals surface area contributed by atoms with Crippen molar-refractivity contribution >= 4 is 21.5 Å². The lowest BCUT2D eigenvalue weighted by atomic mass is 9.96. The normalized spacial score (nSPS) is 12.6. The maximum absolute atomic E-state index is 2.34. The van der Waals surface area contributed by atoms with Crippen molar-refractivity contribution in [2.75, 3.05) is 0 Å². The standard InChI is InChI=1S/C21H13/c1-3-7-18-14(5-1)9-10-16-12-21-17(13-20(16)18)11-15-6-2-4-8-19(15)21/h1-13H. The van der Waals surface area contributed by atoms with Crippen molar-refractivity contribution in [1.82, 2.24) is 0 Å².